The van der Waals surface area contributed by atoms with Gasteiger partial charge in [0, 0.05) is 16.5 Å². The average Bonchev–Trinajstić information content (AvgIpc) is 2.93. The highest BCUT2D eigenvalue weighted by Crippen LogP contribution is 2.55. The van der Waals surface area contributed by atoms with E-state index >= 15 is 0 Å². The predicted octanol–water partition coefficient (Wildman–Crippen LogP) is 4.18. The highest BCUT2D eigenvalue weighted by atomic mass is 28.4. The second kappa shape index (κ2) is 6.74. The van der Waals surface area contributed by atoms with Gasteiger partial charge in [-0.1, -0.05) is 53.7 Å². The van der Waals surface area contributed by atoms with E-state index in [1.807, 2.05) is 0 Å². The molecule has 6 heteroatoms. The molecule has 1 atom stereocenters. The van der Waals surface area contributed by atoms with Gasteiger partial charge in [-0.15, -0.1) is 0 Å². The Balaban J connectivity index is 2.26. The molecule has 25 heavy (non-hydrogen) atoms. The molecule has 0 saturated carbocycles. The minimum absolute atomic E-state index is 0.0383. The SMILES string of the molecule is COC(=O)c1cccc(CC2CO[Si](C(C)(C)C)(C(C)(C)C)O2)c1O. The van der Waals surface area contributed by atoms with Crippen molar-refractivity contribution in [2.24, 2.45) is 0 Å². The smallest absolute Gasteiger partial charge is 0.349 e. The molecule has 0 aliphatic carbocycles. The molecule has 1 aromatic rings. The van der Waals surface area contributed by atoms with Gasteiger partial charge in [0.25, 0.3) is 0 Å². The van der Waals surface area contributed by atoms with E-state index in [4.69, 9.17) is 13.6 Å². The van der Waals surface area contributed by atoms with Gasteiger partial charge in [0.2, 0.25) is 0 Å². The van der Waals surface area contributed by atoms with Crippen LogP contribution < -0.4 is 0 Å². The summed E-state index contributed by atoms with van der Waals surface area (Å²) in [7, 11) is -1.18. The summed E-state index contributed by atoms with van der Waals surface area (Å²) in [6.07, 6.45) is 0.362. The van der Waals surface area contributed by atoms with Gasteiger partial charge in [-0.3, -0.25) is 0 Å². The highest BCUT2D eigenvalue weighted by molar-refractivity contribution is 6.73. The van der Waals surface area contributed by atoms with Gasteiger partial charge >= 0.3 is 14.5 Å². The zero-order valence-corrected chi connectivity index (χ0v) is 17.3. The van der Waals surface area contributed by atoms with Crippen LogP contribution in [0.4, 0.5) is 0 Å². The van der Waals surface area contributed by atoms with E-state index in [1.54, 1.807) is 18.2 Å². The van der Waals surface area contributed by atoms with Crippen molar-refractivity contribution in [2.75, 3.05) is 13.7 Å². The van der Waals surface area contributed by atoms with E-state index in [-0.39, 0.29) is 27.5 Å². The lowest BCUT2D eigenvalue weighted by molar-refractivity contribution is 0.0597. The maximum Gasteiger partial charge on any atom is 0.349 e. The molecule has 2 rings (SSSR count). The highest BCUT2D eigenvalue weighted by Gasteiger charge is 2.62. The number of rotatable bonds is 3. The van der Waals surface area contributed by atoms with Crippen molar-refractivity contribution in [3.05, 3.63) is 29.3 Å². The summed E-state index contributed by atoms with van der Waals surface area (Å²) in [4.78, 5) is 11.8. The Morgan fingerprint density at radius 3 is 2.32 bits per heavy atom. The third-order valence-corrected chi connectivity index (χ3v) is 9.94. The zero-order chi connectivity index (χ0) is 19.0. The van der Waals surface area contributed by atoms with Crippen molar-refractivity contribution < 1.29 is 23.5 Å². The molecule has 1 aliphatic rings. The Kier molecular flexibility index (Phi) is 5.38. The van der Waals surface area contributed by atoms with Crippen molar-refractivity contribution in [1.29, 1.82) is 0 Å². The summed E-state index contributed by atoms with van der Waals surface area (Å²) in [6.45, 7) is 13.5. The molecular weight excluding hydrogens is 336 g/mol. The van der Waals surface area contributed by atoms with Crippen LogP contribution >= 0.6 is 0 Å². The number of para-hydroxylation sites is 1. The number of ether oxygens (including phenoxy) is 1. The van der Waals surface area contributed by atoms with Gasteiger partial charge < -0.3 is 18.7 Å². The summed E-state index contributed by atoms with van der Waals surface area (Å²) in [5.74, 6) is -0.584. The second-order valence-electron chi connectivity index (χ2n) is 8.68. The lowest BCUT2D eigenvalue weighted by Crippen LogP contribution is -2.54. The lowest BCUT2D eigenvalue weighted by atomic mass is 10.0. The Morgan fingerprint density at radius 1 is 1.24 bits per heavy atom. The molecule has 0 bridgehead atoms. The topological polar surface area (TPSA) is 65.0 Å². The van der Waals surface area contributed by atoms with Gasteiger partial charge in [0.05, 0.1) is 19.8 Å². The van der Waals surface area contributed by atoms with Crippen LogP contribution in [0.2, 0.25) is 10.1 Å². The van der Waals surface area contributed by atoms with Gasteiger partial charge in [0.15, 0.2) is 0 Å². The number of carbonyl (C=O) groups is 1. The van der Waals surface area contributed by atoms with Gasteiger partial charge in [0.1, 0.15) is 11.3 Å². The first-order valence-corrected chi connectivity index (χ1v) is 10.5. The molecule has 0 amide bonds. The van der Waals surface area contributed by atoms with Gasteiger partial charge in [-0.2, -0.15) is 0 Å². The largest absolute Gasteiger partial charge is 0.507 e. The molecule has 0 spiro atoms. The van der Waals surface area contributed by atoms with Crippen LogP contribution in [0.15, 0.2) is 18.2 Å². The molecule has 0 aromatic heterocycles. The van der Waals surface area contributed by atoms with Crippen LogP contribution in [0.3, 0.4) is 0 Å². The maximum atomic E-state index is 11.8. The average molecular weight is 367 g/mol. The number of phenolic OH excluding ortho intramolecular Hbond substituents is 1. The van der Waals surface area contributed by atoms with E-state index in [2.05, 4.69) is 41.5 Å². The third-order valence-electron chi connectivity index (χ3n) is 4.75. The van der Waals surface area contributed by atoms with Crippen molar-refractivity contribution in [1.82, 2.24) is 0 Å². The van der Waals surface area contributed by atoms with Crippen LogP contribution in [0, 0.1) is 0 Å². The van der Waals surface area contributed by atoms with Gasteiger partial charge in [-0.05, 0) is 11.6 Å². The number of benzene rings is 1. The van der Waals surface area contributed by atoms with E-state index < -0.39 is 14.5 Å². The Labute approximate surface area is 151 Å². The zero-order valence-electron chi connectivity index (χ0n) is 16.3. The molecule has 0 radical (unpaired) electrons. The van der Waals surface area contributed by atoms with Crippen LogP contribution in [-0.4, -0.2) is 39.5 Å². The fraction of sp³-hybridized carbons (Fsp3) is 0.632. The Hall–Kier alpha value is -1.37. The van der Waals surface area contributed by atoms with E-state index in [1.165, 1.54) is 7.11 Å². The number of hydrogen-bond acceptors (Lipinski definition) is 5. The van der Waals surface area contributed by atoms with Crippen molar-refractivity contribution in [3.8, 4) is 5.75 Å². The Bertz CT molecular complexity index is 628. The molecule has 1 unspecified atom stereocenters. The fourth-order valence-corrected chi connectivity index (χ4v) is 8.73. The molecule has 1 N–H and O–H groups in total. The van der Waals surface area contributed by atoms with E-state index in [0.29, 0.717) is 18.6 Å². The second-order valence-corrected chi connectivity index (χ2v) is 13.4. The molecule has 5 nitrogen and oxygen atoms in total. The van der Waals surface area contributed by atoms with Crippen molar-refractivity contribution >= 4 is 14.5 Å². The minimum Gasteiger partial charge on any atom is -0.507 e. The summed E-state index contributed by atoms with van der Waals surface area (Å²) in [6, 6.07) is 5.11. The number of carbonyl (C=O) groups excluding carboxylic acids is 1. The molecule has 1 saturated heterocycles. The van der Waals surface area contributed by atoms with Crippen LogP contribution in [0.25, 0.3) is 0 Å². The number of aromatic hydroxyl groups is 1. The molecule has 1 fully saturated rings. The first kappa shape index (κ1) is 19.9. The normalized spacial score (nSPS) is 20.5. The van der Waals surface area contributed by atoms with Crippen LogP contribution in [-0.2, 0) is 20.0 Å². The van der Waals surface area contributed by atoms with Crippen molar-refractivity contribution in [2.45, 2.75) is 64.1 Å². The summed E-state index contributed by atoms with van der Waals surface area (Å²) < 4.78 is 17.6. The van der Waals surface area contributed by atoms with Crippen LogP contribution in [0.5, 0.6) is 5.75 Å². The third kappa shape index (κ3) is 3.61. The monoisotopic (exact) mass is 366 g/mol. The predicted molar refractivity (Wildman–Crippen MR) is 99.2 cm³/mol. The van der Waals surface area contributed by atoms with Gasteiger partial charge in [-0.25, -0.2) is 4.79 Å². The quantitative estimate of drug-likeness (QED) is 0.642. The first-order valence-electron chi connectivity index (χ1n) is 8.64. The summed E-state index contributed by atoms with van der Waals surface area (Å²) in [5.41, 5.74) is 0.846. The Morgan fingerprint density at radius 2 is 1.84 bits per heavy atom. The lowest BCUT2D eigenvalue weighted by Gasteiger charge is -2.45. The number of phenols is 1. The number of esters is 1. The van der Waals surface area contributed by atoms with Crippen LogP contribution in [0.1, 0.15) is 57.5 Å². The van der Waals surface area contributed by atoms with Crippen molar-refractivity contribution in [3.63, 3.8) is 0 Å². The maximum absolute atomic E-state index is 11.8. The summed E-state index contributed by atoms with van der Waals surface area (Å²) in [5, 5.41) is 10.3. The number of methoxy groups -OCH3 is 1. The minimum atomic E-state index is -2.49. The summed E-state index contributed by atoms with van der Waals surface area (Å²) >= 11 is 0. The first-order chi connectivity index (χ1) is 11.4. The molecule has 140 valence electrons. The molecule has 1 aromatic carbocycles. The molecule has 1 heterocycles. The fourth-order valence-electron chi connectivity index (χ4n) is 3.80. The molecule has 1 aliphatic heterocycles. The van der Waals surface area contributed by atoms with E-state index in [0.717, 1.165) is 0 Å². The van der Waals surface area contributed by atoms with E-state index in [9.17, 15) is 9.90 Å². The molecular formula is C19H30O5Si. The number of hydrogen-bond donors (Lipinski definition) is 1. The standard InChI is InChI=1S/C19H30O5Si/c1-18(2,3)25(19(4,5)6)23-12-14(24-25)11-13-9-8-10-15(16(13)20)17(21)22-7/h8-10,14,20H,11-12H2,1-7H3.